The molecule has 0 unspecified atom stereocenters. The highest BCUT2D eigenvalue weighted by Gasteiger charge is 2.21. The highest BCUT2D eigenvalue weighted by molar-refractivity contribution is 5.78. The largest absolute Gasteiger partial charge is 0.349 e. The summed E-state index contributed by atoms with van der Waals surface area (Å²) in [4.78, 5) is 25.6. The number of benzene rings is 2. The molecule has 8 nitrogen and oxygen atoms in total. The Morgan fingerprint density at radius 1 is 1.14 bits per heavy atom. The van der Waals surface area contributed by atoms with E-state index in [0.29, 0.717) is 37.5 Å². The molecular formula is C27H31N5O3. The summed E-state index contributed by atoms with van der Waals surface area (Å²) in [6.07, 6.45) is 3.55. The number of nitro groups is 1. The molecule has 1 aliphatic heterocycles. The third-order valence-corrected chi connectivity index (χ3v) is 6.03. The van der Waals surface area contributed by atoms with Gasteiger partial charge in [-0.05, 0) is 48.6 Å². The summed E-state index contributed by atoms with van der Waals surface area (Å²) in [5.41, 5.74) is 4.70. The minimum Gasteiger partial charge on any atom is -0.349 e. The van der Waals surface area contributed by atoms with E-state index in [1.165, 1.54) is 6.07 Å². The van der Waals surface area contributed by atoms with Crippen molar-refractivity contribution in [2.24, 2.45) is 5.92 Å². The van der Waals surface area contributed by atoms with Gasteiger partial charge in [0.1, 0.15) is 0 Å². The number of nitrogens with zero attached hydrogens (tertiary/aromatic N) is 4. The van der Waals surface area contributed by atoms with Crippen LogP contribution in [0, 0.1) is 16.0 Å². The number of aromatic nitrogens is 2. The predicted octanol–water partition coefficient (Wildman–Crippen LogP) is 4.38. The average Bonchev–Trinajstić information content (AvgIpc) is 3.25. The summed E-state index contributed by atoms with van der Waals surface area (Å²) in [7, 11) is 0. The third kappa shape index (κ3) is 6.22. The lowest BCUT2D eigenvalue weighted by atomic mass is 9.98. The van der Waals surface area contributed by atoms with Crippen molar-refractivity contribution in [3.8, 4) is 5.69 Å². The molecule has 0 radical (unpaired) electrons. The average molecular weight is 474 g/mol. The van der Waals surface area contributed by atoms with E-state index in [0.717, 1.165) is 29.1 Å². The zero-order valence-corrected chi connectivity index (χ0v) is 20.2. The Morgan fingerprint density at radius 2 is 1.89 bits per heavy atom. The van der Waals surface area contributed by atoms with Gasteiger partial charge in [-0.1, -0.05) is 50.3 Å². The quantitative estimate of drug-likeness (QED) is 0.368. The van der Waals surface area contributed by atoms with E-state index in [2.05, 4.69) is 25.2 Å². The number of carbonyl (C=O) groups is 1. The van der Waals surface area contributed by atoms with Gasteiger partial charge in [-0.3, -0.25) is 19.8 Å². The fourth-order valence-corrected chi connectivity index (χ4v) is 4.37. The standard InChI is InChI=1S/C27H31N5O3/c1-20(2)16-24-17-22(29-31(24)23-8-4-3-5-9-23)18-28-27(33)19-30-14-12-21(13-15-30)25-10-6-7-11-26(25)32(34)35/h3-12,17,20H,13-16,18-19H2,1-2H3,(H,28,33). The molecule has 8 heteroatoms. The lowest BCUT2D eigenvalue weighted by Crippen LogP contribution is -2.39. The van der Waals surface area contributed by atoms with Gasteiger partial charge in [-0.25, -0.2) is 4.68 Å². The Labute approximate surface area is 205 Å². The van der Waals surface area contributed by atoms with Gasteiger partial charge in [-0.15, -0.1) is 0 Å². The van der Waals surface area contributed by atoms with Crippen molar-refractivity contribution in [3.05, 3.63) is 93.8 Å². The molecule has 1 aromatic heterocycles. The molecule has 0 fully saturated rings. The van der Waals surface area contributed by atoms with Crippen molar-refractivity contribution < 1.29 is 9.72 Å². The van der Waals surface area contributed by atoms with Crippen molar-refractivity contribution >= 4 is 17.2 Å². The van der Waals surface area contributed by atoms with Crippen LogP contribution in [0.2, 0.25) is 0 Å². The predicted molar refractivity (Wildman–Crippen MR) is 136 cm³/mol. The monoisotopic (exact) mass is 473 g/mol. The lowest BCUT2D eigenvalue weighted by Gasteiger charge is -2.25. The van der Waals surface area contributed by atoms with Crippen LogP contribution in [0.15, 0.2) is 66.7 Å². The Balaban J connectivity index is 1.35. The first-order valence-electron chi connectivity index (χ1n) is 12.0. The molecule has 2 heterocycles. The first-order chi connectivity index (χ1) is 16.9. The van der Waals surface area contributed by atoms with Crippen LogP contribution in [0.5, 0.6) is 0 Å². The smallest absolute Gasteiger partial charge is 0.276 e. The van der Waals surface area contributed by atoms with E-state index >= 15 is 0 Å². The maximum Gasteiger partial charge on any atom is 0.276 e. The minimum atomic E-state index is -0.346. The topological polar surface area (TPSA) is 93.3 Å². The molecule has 0 bridgehead atoms. The lowest BCUT2D eigenvalue weighted by molar-refractivity contribution is -0.385. The van der Waals surface area contributed by atoms with E-state index in [1.54, 1.807) is 12.1 Å². The molecule has 2 aromatic carbocycles. The minimum absolute atomic E-state index is 0.0628. The van der Waals surface area contributed by atoms with Gasteiger partial charge in [0.2, 0.25) is 5.91 Å². The number of carbonyl (C=O) groups excluding carboxylic acids is 1. The fraction of sp³-hybridized carbons (Fsp3) is 0.333. The first kappa shape index (κ1) is 24.3. The van der Waals surface area contributed by atoms with Gasteiger partial charge in [0.25, 0.3) is 5.69 Å². The number of hydrogen-bond acceptors (Lipinski definition) is 5. The molecule has 0 spiro atoms. The summed E-state index contributed by atoms with van der Waals surface area (Å²) >= 11 is 0. The van der Waals surface area contributed by atoms with E-state index in [-0.39, 0.29) is 23.1 Å². The molecule has 0 saturated carbocycles. The van der Waals surface area contributed by atoms with Crippen LogP contribution in [-0.2, 0) is 17.8 Å². The third-order valence-electron chi connectivity index (χ3n) is 6.03. The summed E-state index contributed by atoms with van der Waals surface area (Å²) in [6.45, 7) is 6.26. The number of para-hydroxylation sites is 2. The highest BCUT2D eigenvalue weighted by Crippen LogP contribution is 2.29. The van der Waals surface area contributed by atoms with Gasteiger partial charge in [0, 0.05) is 24.8 Å². The van der Waals surface area contributed by atoms with E-state index < -0.39 is 0 Å². The molecule has 0 saturated heterocycles. The summed E-state index contributed by atoms with van der Waals surface area (Å²) in [5, 5.41) is 19.1. The first-order valence-corrected chi connectivity index (χ1v) is 12.0. The van der Waals surface area contributed by atoms with Crippen LogP contribution in [0.1, 0.15) is 37.2 Å². The summed E-state index contributed by atoms with van der Waals surface area (Å²) in [5.74, 6) is 0.429. The van der Waals surface area contributed by atoms with E-state index in [4.69, 9.17) is 5.10 Å². The molecule has 3 aromatic rings. The normalized spacial score (nSPS) is 14.1. The fourth-order valence-electron chi connectivity index (χ4n) is 4.37. The molecule has 1 aliphatic rings. The second-order valence-electron chi connectivity index (χ2n) is 9.24. The molecule has 182 valence electrons. The van der Waals surface area contributed by atoms with Crippen LogP contribution >= 0.6 is 0 Å². The van der Waals surface area contributed by atoms with Crippen LogP contribution in [0.25, 0.3) is 11.3 Å². The van der Waals surface area contributed by atoms with Crippen molar-refractivity contribution in [1.82, 2.24) is 20.0 Å². The van der Waals surface area contributed by atoms with Crippen molar-refractivity contribution in [1.29, 1.82) is 0 Å². The Morgan fingerprint density at radius 3 is 2.57 bits per heavy atom. The van der Waals surface area contributed by atoms with Gasteiger partial charge >= 0.3 is 0 Å². The molecule has 0 aliphatic carbocycles. The van der Waals surface area contributed by atoms with Crippen molar-refractivity contribution in [2.45, 2.75) is 33.2 Å². The summed E-state index contributed by atoms with van der Waals surface area (Å²) < 4.78 is 1.96. The Kier molecular flexibility index (Phi) is 7.72. The molecule has 4 rings (SSSR count). The summed E-state index contributed by atoms with van der Waals surface area (Å²) in [6, 6.07) is 18.9. The Bertz CT molecular complexity index is 1220. The van der Waals surface area contributed by atoms with E-state index in [1.807, 2.05) is 52.1 Å². The molecule has 35 heavy (non-hydrogen) atoms. The number of hydrogen-bond donors (Lipinski definition) is 1. The van der Waals surface area contributed by atoms with Crippen LogP contribution in [0.3, 0.4) is 0 Å². The maximum atomic E-state index is 12.6. The number of nitrogens with one attached hydrogen (secondary N) is 1. The van der Waals surface area contributed by atoms with E-state index in [9.17, 15) is 14.9 Å². The van der Waals surface area contributed by atoms with Crippen molar-refractivity contribution in [2.75, 3.05) is 19.6 Å². The highest BCUT2D eigenvalue weighted by atomic mass is 16.6. The van der Waals surface area contributed by atoms with Gasteiger partial charge < -0.3 is 5.32 Å². The maximum absolute atomic E-state index is 12.6. The van der Waals surface area contributed by atoms with Crippen molar-refractivity contribution in [3.63, 3.8) is 0 Å². The molecular weight excluding hydrogens is 442 g/mol. The van der Waals surface area contributed by atoms with Gasteiger partial charge in [0.05, 0.1) is 35.0 Å². The van der Waals surface area contributed by atoms with Crippen LogP contribution < -0.4 is 5.32 Å². The second-order valence-corrected chi connectivity index (χ2v) is 9.24. The van der Waals surface area contributed by atoms with Crippen LogP contribution in [-0.4, -0.2) is 45.1 Å². The second kappa shape index (κ2) is 11.1. The molecule has 1 N–H and O–H groups in total. The zero-order valence-electron chi connectivity index (χ0n) is 20.2. The molecule has 0 atom stereocenters. The van der Waals surface area contributed by atoms with Gasteiger partial charge in [-0.2, -0.15) is 5.10 Å². The number of nitro benzene ring substituents is 1. The van der Waals surface area contributed by atoms with Gasteiger partial charge in [0.15, 0.2) is 0 Å². The Hall–Kier alpha value is -3.78. The zero-order chi connectivity index (χ0) is 24.8. The molecule has 1 amide bonds. The SMILES string of the molecule is CC(C)Cc1cc(CNC(=O)CN2CC=C(c3ccccc3[N+](=O)[O-])CC2)nn1-c1ccccc1. The number of rotatable bonds is 9. The van der Waals surface area contributed by atoms with Crippen LogP contribution in [0.4, 0.5) is 5.69 Å². The number of amides is 1.